The third-order valence-corrected chi connectivity index (χ3v) is 2.45. The fourth-order valence-corrected chi connectivity index (χ4v) is 1.45. The van der Waals surface area contributed by atoms with Crippen LogP contribution in [0.5, 0.6) is 6.01 Å². The number of hydrogen-bond donors (Lipinski definition) is 2. The largest absolute Gasteiger partial charge is 0.457 e. The molecule has 7 heteroatoms. The lowest BCUT2D eigenvalue weighted by atomic mass is 10.4. The molecular weight excluding hydrogens is 278 g/mol. The standard InChI is InChI=1S/C13H14ClN5O/c1-9-3-2-4-12(19-9)16-7-11(15)8-20-13-17-5-10(14)6-18-13/h2-7H,8,15H2,1H3,(H,16,19)/b11-7-. The van der Waals surface area contributed by atoms with E-state index in [-0.39, 0.29) is 12.6 Å². The number of anilines is 1. The number of pyridine rings is 1. The average Bonchev–Trinajstić information content (AvgIpc) is 2.45. The first-order chi connectivity index (χ1) is 9.63. The molecule has 0 saturated carbocycles. The minimum absolute atomic E-state index is 0.167. The maximum absolute atomic E-state index is 5.80. The summed E-state index contributed by atoms with van der Waals surface area (Å²) in [5.74, 6) is 0.718. The molecule has 104 valence electrons. The van der Waals surface area contributed by atoms with Gasteiger partial charge in [-0.2, -0.15) is 0 Å². The molecule has 0 aliphatic rings. The van der Waals surface area contributed by atoms with Crippen LogP contribution in [0.3, 0.4) is 0 Å². The summed E-state index contributed by atoms with van der Waals surface area (Å²) in [5, 5.41) is 3.44. The third-order valence-electron chi connectivity index (χ3n) is 2.26. The summed E-state index contributed by atoms with van der Waals surface area (Å²) >= 11 is 5.67. The van der Waals surface area contributed by atoms with E-state index in [1.54, 1.807) is 6.20 Å². The van der Waals surface area contributed by atoms with Crippen LogP contribution in [-0.2, 0) is 0 Å². The van der Waals surface area contributed by atoms with Crippen LogP contribution in [0.25, 0.3) is 0 Å². The normalized spacial score (nSPS) is 11.2. The zero-order valence-electron chi connectivity index (χ0n) is 10.9. The molecule has 6 nitrogen and oxygen atoms in total. The zero-order valence-corrected chi connectivity index (χ0v) is 11.6. The van der Waals surface area contributed by atoms with E-state index in [4.69, 9.17) is 22.1 Å². The number of rotatable bonds is 5. The second-order valence-electron chi connectivity index (χ2n) is 4.00. The highest BCUT2D eigenvalue weighted by molar-refractivity contribution is 6.30. The Morgan fingerprint density at radius 3 is 2.85 bits per heavy atom. The van der Waals surface area contributed by atoms with E-state index in [1.807, 2.05) is 25.1 Å². The van der Waals surface area contributed by atoms with Crippen molar-refractivity contribution in [3.63, 3.8) is 0 Å². The van der Waals surface area contributed by atoms with E-state index in [9.17, 15) is 0 Å². The number of aryl methyl sites for hydroxylation is 1. The van der Waals surface area contributed by atoms with Crippen molar-refractivity contribution >= 4 is 17.4 Å². The number of hydrogen-bond acceptors (Lipinski definition) is 6. The highest BCUT2D eigenvalue weighted by Gasteiger charge is 1.99. The number of aromatic nitrogens is 3. The van der Waals surface area contributed by atoms with Crippen molar-refractivity contribution in [3.05, 3.63) is 53.2 Å². The summed E-state index contributed by atoms with van der Waals surface area (Å²) in [4.78, 5) is 12.1. The van der Waals surface area contributed by atoms with Gasteiger partial charge in [-0.3, -0.25) is 0 Å². The van der Waals surface area contributed by atoms with Crippen LogP contribution < -0.4 is 15.8 Å². The van der Waals surface area contributed by atoms with E-state index in [1.165, 1.54) is 12.4 Å². The zero-order chi connectivity index (χ0) is 14.4. The predicted octanol–water partition coefficient (Wildman–Crippen LogP) is 2.12. The number of halogens is 1. The van der Waals surface area contributed by atoms with Gasteiger partial charge in [0.15, 0.2) is 0 Å². The Morgan fingerprint density at radius 1 is 1.40 bits per heavy atom. The maximum Gasteiger partial charge on any atom is 0.316 e. The summed E-state index contributed by atoms with van der Waals surface area (Å²) in [6.45, 7) is 2.08. The summed E-state index contributed by atoms with van der Waals surface area (Å²) < 4.78 is 5.30. The van der Waals surface area contributed by atoms with Crippen molar-refractivity contribution in [2.45, 2.75) is 6.92 Å². The lowest BCUT2D eigenvalue weighted by Crippen LogP contribution is -2.12. The fourth-order valence-electron chi connectivity index (χ4n) is 1.35. The van der Waals surface area contributed by atoms with Gasteiger partial charge in [0.25, 0.3) is 0 Å². The van der Waals surface area contributed by atoms with Gasteiger partial charge < -0.3 is 15.8 Å². The van der Waals surface area contributed by atoms with E-state index < -0.39 is 0 Å². The summed E-state index contributed by atoms with van der Waals surface area (Å²) in [5.41, 5.74) is 7.22. The summed E-state index contributed by atoms with van der Waals surface area (Å²) in [7, 11) is 0. The van der Waals surface area contributed by atoms with Gasteiger partial charge in [-0.15, -0.1) is 0 Å². The molecule has 0 fully saturated rings. The molecule has 20 heavy (non-hydrogen) atoms. The van der Waals surface area contributed by atoms with Gasteiger partial charge in [-0.25, -0.2) is 15.0 Å². The molecule has 0 atom stereocenters. The monoisotopic (exact) mass is 291 g/mol. The minimum atomic E-state index is 0.167. The van der Waals surface area contributed by atoms with Crippen LogP contribution in [0.15, 0.2) is 42.5 Å². The van der Waals surface area contributed by atoms with Crippen LogP contribution >= 0.6 is 11.6 Å². The molecule has 0 aromatic carbocycles. The first-order valence-electron chi connectivity index (χ1n) is 5.88. The number of ether oxygens (including phenoxy) is 1. The van der Waals surface area contributed by atoms with Gasteiger partial charge in [0.1, 0.15) is 12.4 Å². The molecule has 0 saturated heterocycles. The van der Waals surface area contributed by atoms with Crippen molar-refractivity contribution in [1.82, 2.24) is 15.0 Å². The van der Waals surface area contributed by atoms with Gasteiger partial charge in [-0.05, 0) is 19.1 Å². The minimum Gasteiger partial charge on any atom is -0.457 e. The van der Waals surface area contributed by atoms with Crippen LogP contribution in [-0.4, -0.2) is 21.6 Å². The molecule has 0 amide bonds. The van der Waals surface area contributed by atoms with Gasteiger partial charge in [0.2, 0.25) is 0 Å². The van der Waals surface area contributed by atoms with Crippen molar-refractivity contribution < 1.29 is 4.74 Å². The van der Waals surface area contributed by atoms with Crippen molar-refractivity contribution in [2.24, 2.45) is 5.73 Å². The van der Waals surface area contributed by atoms with Crippen LogP contribution in [0.2, 0.25) is 5.02 Å². The molecule has 0 radical (unpaired) electrons. The second kappa shape index (κ2) is 6.72. The summed E-state index contributed by atoms with van der Waals surface area (Å²) in [6, 6.07) is 5.89. The number of nitrogens with two attached hydrogens (primary N) is 1. The second-order valence-corrected chi connectivity index (χ2v) is 4.44. The Bertz CT molecular complexity index is 600. The van der Waals surface area contributed by atoms with Gasteiger partial charge in [0, 0.05) is 11.9 Å². The number of nitrogens with one attached hydrogen (secondary N) is 1. The van der Waals surface area contributed by atoms with Crippen molar-refractivity contribution in [2.75, 3.05) is 11.9 Å². The highest BCUT2D eigenvalue weighted by Crippen LogP contribution is 2.08. The van der Waals surface area contributed by atoms with E-state index in [0.29, 0.717) is 10.7 Å². The Balaban J connectivity index is 1.86. The lowest BCUT2D eigenvalue weighted by Gasteiger charge is -2.05. The third kappa shape index (κ3) is 4.40. The first-order valence-corrected chi connectivity index (χ1v) is 6.26. The quantitative estimate of drug-likeness (QED) is 0.877. The molecule has 0 bridgehead atoms. The van der Waals surface area contributed by atoms with Gasteiger partial charge in [0.05, 0.1) is 23.1 Å². The molecule has 0 aliphatic heterocycles. The smallest absolute Gasteiger partial charge is 0.316 e. The molecule has 3 N–H and O–H groups in total. The fraction of sp³-hybridized carbons (Fsp3) is 0.154. The predicted molar refractivity (Wildman–Crippen MR) is 77.4 cm³/mol. The Hall–Kier alpha value is -2.34. The van der Waals surface area contributed by atoms with E-state index >= 15 is 0 Å². The topological polar surface area (TPSA) is 86.0 Å². The first kappa shape index (κ1) is 14.1. The summed E-state index contributed by atoms with van der Waals surface area (Å²) in [6.07, 6.45) is 4.54. The molecule has 0 aliphatic carbocycles. The van der Waals surface area contributed by atoms with Crippen LogP contribution in [0.4, 0.5) is 5.82 Å². The number of nitrogens with zero attached hydrogens (tertiary/aromatic N) is 3. The molecule has 2 aromatic heterocycles. The van der Waals surface area contributed by atoms with Crippen LogP contribution in [0.1, 0.15) is 5.69 Å². The Morgan fingerprint density at radius 2 is 2.15 bits per heavy atom. The van der Waals surface area contributed by atoms with Gasteiger partial charge in [-0.1, -0.05) is 17.7 Å². The molecule has 2 heterocycles. The molecule has 0 unspecified atom stereocenters. The highest BCUT2D eigenvalue weighted by atomic mass is 35.5. The molecule has 2 aromatic rings. The Labute approximate surface area is 121 Å². The SMILES string of the molecule is Cc1cccc(N/C=C(\N)COc2ncc(Cl)cn2)n1. The van der Waals surface area contributed by atoms with Crippen molar-refractivity contribution in [3.8, 4) is 6.01 Å². The average molecular weight is 292 g/mol. The molecule has 0 spiro atoms. The molecule has 2 rings (SSSR count). The molecular formula is C13H14ClN5O. The van der Waals surface area contributed by atoms with Crippen molar-refractivity contribution in [1.29, 1.82) is 0 Å². The maximum atomic E-state index is 5.80. The van der Waals surface area contributed by atoms with Crippen LogP contribution in [0, 0.1) is 6.92 Å². The van der Waals surface area contributed by atoms with E-state index in [2.05, 4.69) is 20.3 Å². The Kier molecular flexibility index (Phi) is 4.73. The van der Waals surface area contributed by atoms with E-state index in [0.717, 1.165) is 11.5 Å². The van der Waals surface area contributed by atoms with Gasteiger partial charge >= 0.3 is 6.01 Å². The lowest BCUT2D eigenvalue weighted by molar-refractivity contribution is 0.322.